The molecular formula is C16H18N4O2. The zero-order valence-electron chi connectivity index (χ0n) is 12.3. The molecule has 2 fully saturated rings. The minimum Gasteiger partial charge on any atom is -0.472 e. The van der Waals surface area contributed by atoms with Crippen LogP contribution in [0.2, 0.25) is 0 Å². The zero-order chi connectivity index (χ0) is 15.0. The smallest absolute Gasteiger partial charge is 0.227 e. The third-order valence-corrected chi connectivity index (χ3v) is 4.68. The first-order valence-electron chi connectivity index (χ1n) is 7.53. The second-order valence-electron chi connectivity index (χ2n) is 6.35. The average molecular weight is 298 g/mol. The highest BCUT2D eigenvalue weighted by Crippen LogP contribution is 2.41. The number of carbonyl (C=O) groups excluding carboxylic acids is 1. The monoisotopic (exact) mass is 298 g/mol. The summed E-state index contributed by atoms with van der Waals surface area (Å²) in [5, 5.41) is 0. The van der Waals surface area contributed by atoms with E-state index in [-0.39, 0.29) is 11.3 Å². The van der Waals surface area contributed by atoms with Gasteiger partial charge in [-0.25, -0.2) is 9.97 Å². The molecule has 114 valence electrons. The predicted octanol–water partition coefficient (Wildman–Crippen LogP) is 1.70. The molecule has 1 spiro atoms. The first-order chi connectivity index (χ1) is 10.7. The quantitative estimate of drug-likeness (QED) is 0.863. The van der Waals surface area contributed by atoms with Crippen molar-refractivity contribution in [2.45, 2.75) is 19.4 Å². The first-order valence-corrected chi connectivity index (χ1v) is 7.53. The summed E-state index contributed by atoms with van der Waals surface area (Å²) >= 11 is 0. The molecular weight excluding hydrogens is 280 g/mol. The number of anilines is 1. The minimum absolute atomic E-state index is 0.0661. The van der Waals surface area contributed by atoms with Crippen molar-refractivity contribution in [3.05, 3.63) is 42.9 Å². The number of hydrogen-bond acceptors (Lipinski definition) is 5. The van der Waals surface area contributed by atoms with Crippen LogP contribution >= 0.6 is 0 Å². The standard InChI is InChI=1S/C16H18N4O2/c21-15-5-16(11-20(15)14-6-17-12-18-7-14)2-3-19(10-16)8-13-1-4-22-9-13/h1,4,6-7,9,12H,2-3,5,8,10-11H2. The van der Waals surface area contributed by atoms with Crippen molar-refractivity contribution in [1.82, 2.24) is 14.9 Å². The van der Waals surface area contributed by atoms with Gasteiger partial charge in [-0.2, -0.15) is 0 Å². The van der Waals surface area contributed by atoms with Gasteiger partial charge in [-0.3, -0.25) is 9.69 Å². The van der Waals surface area contributed by atoms with Gasteiger partial charge in [0.15, 0.2) is 0 Å². The lowest BCUT2D eigenvalue weighted by molar-refractivity contribution is -0.117. The highest BCUT2D eigenvalue weighted by Gasteiger charge is 2.47. The van der Waals surface area contributed by atoms with E-state index in [4.69, 9.17) is 4.42 Å². The number of nitrogens with zero attached hydrogens (tertiary/aromatic N) is 4. The van der Waals surface area contributed by atoms with Gasteiger partial charge in [0.05, 0.1) is 30.6 Å². The number of rotatable bonds is 3. The molecule has 0 aromatic carbocycles. The third kappa shape index (κ3) is 2.39. The van der Waals surface area contributed by atoms with E-state index in [1.807, 2.05) is 11.0 Å². The molecule has 2 aliphatic rings. The zero-order valence-corrected chi connectivity index (χ0v) is 12.3. The fourth-order valence-electron chi connectivity index (χ4n) is 3.64. The Morgan fingerprint density at radius 2 is 2.14 bits per heavy atom. The van der Waals surface area contributed by atoms with Crippen LogP contribution in [0.5, 0.6) is 0 Å². The summed E-state index contributed by atoms with van der Waals surface area (Å²) in [6.07, 6.45) is 10.1. The molecule has 2 aromatic heterocycles. The van der Waals surface area contributed by atoms with Crippen molar-refractivity contribution < 1.29 is 9.21 Å². The van der Waals surface area contributed by atoms with E-state index >= 15 is 0 Å². The van der Waals surface area contributed by atoms with Gasteiger partial charge in [0.1, 0.15) is 6.33 Å². The summed E-state index contributed by atoms with van der Waals surface area (Å²) in [7, 11) is 0. The van der Waals surface area contributed by atoms with E-state index in [1.165, 1.54) is 11.9 Å². The highest BCUT2D eigenvalue weighted by atomic mass is 16.3. The molecule has 1 atom stereocenters. The fourth-order valence-corrected chi connectivity index (χ4v) is 3.64. The van der Waals surface area contributed by atoms with E-state index in [2.05, 4.69) is 14.9 Å². The first kappa shape index (κ1) is 13.5. The molecule has 2 aliphatic heterocycles. The van der Waals surface area contributed by atoms with Crippen molar-refractivity contribution in [1.29, 1.82) is 0 Å². The van der Waals surface area contributed by atoms with Gasteiger partial charge in [-0.1, -0.05) is 0 Å². The summed E-state index contributed by atoms with van der Waals surface area (Å²) in [5.41, 5.74) is 2.06. The Balaban J connectivity index is 1.46. The maximum Gasteiger partial charge on any atom is 0.227 e. The molecule has 1 unspecified atom stereocenters. The topological polar surface area (TPSA) is 62.5 Å². The lowest BCUT2D eigenvalue weighted by atomic mass is 9.86. The molecule has 6 nitrogen and oxygen atoms in total. The Hall–Kier alpha value is -2.21. The second kappa shape index (κ2) is 5.21. The van der Waals surface area contributed by atoms with Crippen LogP contribution in [-0.2, 0) is 11.3 Å². The Labute approximate surface area is 128 Å². The molecule has 4 heterocycles. The molecule has 4 rings (SSSR count). The van der Waals surface area contributed by atoms with Crippen LogP contribution in [0, 0.1) is 5.41 Å². The molecule has 2 aromatic rings. The molecule has 2 saturated heterocycles. The number of hydrogen-bond donors (Lipinski definition) is 0. The van der Waals surface area contributed by atoms with Crippen molar-refractivity contribution in [3.63, 3.8) is 0 Å². The molecule has 0 aliphatic carbocycles. The van der Waals surface area contributed by atoms with Crippen LogP contribution < -0.4 is 4.90 Å². The number of likely N-dealkylation sites (tertiary alicyclic amines) is 1. The summed E-state index contributed by atoms with van der Waals surface area (Å²) in [4.78, 5) is 24.7. The second-order valence-corrected chi connectivity index (χ2v) is 6.35. The van der Waals surface area contributed by atoms with Gasteiger partial charge in [-0.05, 0) is 19.0 Å². The van der Waals surface area contributed by atoms with Gasteiger partial charge >= 0.3 is 0 Å². The number of aromatic nitrogens is 2. The van der Waals surface area contributed by atoms with Crippen LogP contribution in [0.1, 0.15) is 18.4 Å². The summed E-state index contributed by atoms with van der Waals surface area (Å²) < 4.78 is 5.13. The maximum absolute atomic E-state index is 12.4. The minimum atomic E-state index is 0.0661. The normalized spacial score (nSPS) is 25.5. The predicted molar refractivity (Wildman–Crippen MR) is 80.0 cm³/mol. The van der Waals surface area contributed by atoms with Crippen molar-refractivity contribution >= 4 is 11.6 Å². The molecule has 6 heteroatoms. The Morgan fingerprint density at radius 1 is 1.27 bits per heavy atom. The van der Waals surface area contributed by atoms with E-state index in [0.717, 1.165) is 38.3 Å². The number of carbonyl (C=O) groups is 1. The van der Waals surface area contributed by atoms with Crippen molar-refractivity contribution in [2.24, 2.45) is 5.41 Å². The van der Waals surface area contributed by atoms with Crippen molar-refractivity contribution in [2.75, 3.05) is 24.5 Å². The summed E-state index contributed by atoms with van der Waals surface area (Å²) in [5.74, 6) is 0.181. The Morgan fingerprint density at radius 3 is 2.91 bits per heavy atom. The van der Waals surface area contributed by atoms with Gasteiger partial charge in [-0.15, -0.1) is 0 Å². The Bertz CT molecular complexity index is 658. The van der Waals surface area contributed by atoms with Gasteiger partial charge < -0.3 is 9.32 Å². The Kier molecular flexibility index (Phi) is 3.18. The number of amides is 1. The molecule has 1 amide bonds. The van der Waals surface area contributed by atoms with E-state index in [9.17, 15) is 4.79 Å². The van der Waals surface area contributed by atoms with Crippen LogP contribution in [-0.4, -0.2) is 40.4 Å². The molecule has 0 bridgehead atoms. The number of furan rings is 1. The highest BCUT2D eigenvalue weighted by molar-refractivity contribution is 5.96. The summed E-state index contributed by atoms with van der Waals surface area (Å²) in [6, 6.07) is 2.00. The van der Waals surface area contributed by atoms with Crippen LogP contribution in [0.15, 0.2) is 41.7 Å². The van der Waals surface area contributed by atoms with E-state index < -0.39 is 0 Å². The average Bonchev–Trinajstić information content (AvgIpc) is 3.23. The van der Waals surface area contributed by atoms with Crippen molar-refractivity contribution in [3.8, 4) is 0 Å². The fraction of sp³-hybridized carbons (Fsp3) is 0.438. The van der Waals surface area contributed by atoms with E-state index in [1.54, 1.807) is 24.9 Å². The largest absolute Gasteiger partial charge is 0.472 e. The lowest BCUT2D eigenvalue weighted by Gasteiger charge is -2.23. The van der Waals surface area contributed by atoms with Crippen LogP contribution in [0.25, 0.3) is 0 Å². The van der Waals surface area contributed by atoms with Gasteiger partial charge in [0.25, 0.3) is 0 Å². The van der Waals surface area contributed by atoms with Gasteiger partial charge in [0.2, 0.25) is 5.91 Å². The van der Waals surface area contributed by atoms with Gasteiger partial charge in [0, 0.05) is 37.0 Å². The van der Waals surface area contributed by atoms with Crippen LogP contribution in [0.3, 0.4) is 0 Å². The maximum atomic E-state index is 12.4. The molecule has 0 saturated carbocycles. The third-order valence-electron chi connectivity index (χ3n) is 4.68. The molecule has 22 heavy (non-hydrogen) atoms. The van der Waals surface area contributed by atoms with E-state index in [0.29, 0.717) is 6.42 Å². The SMILES string of the molecule is O=C1CC2(CCN(Cc3ccoc3)C2)CN1c1cncnc1. The van der Waals surface area contributed by atoms with Crippen LogP contribution in [0.4, 0.5) is 5.69 Å². The summed E-state index contributed by atoms with van der Waals surface area (Å²) in [6.45, 7) is 3.63. The molecule has 0 N–H and O–H groups in total. The lowest BCUT2D eigenvalue weighted by Crippen LogP contribution is -2.31. The molecule has 0 radical (unpaired) electrons.